The van der Waals surface area contributed by atoms with E-state index < -0.39 is 18.1 Å². The molecule has 5 nitrogen and oxygen atoms in total. The van der Waals surface area contributed by atoms with Crippen LogP contribution in [0.4, 0.5) is 13.2 Å². The van der Waals surface area contributed by atoms with Crippen LogP contribution in [-0.4, -0.2) is 47.9 Å². The second-order valence-corrected chi connectivity index (χ2v) is 9.80. The summed E-state index contributed by atoms with van der Waals surface area (Å²) in [6, 6.07) is 11.9. The van der Waals surface area contributed by atoms with E-state index in [0.717, 1.165) is 48.8 Å². The van der Waals surface area contributed by atoms with Crippen LogP contribution in [0.3, 0.4) is 0 Å². The van der Waals surface area contributed by atoms with Crippen LogP contribution in [0.5, 0.6) is 5.75 Å². The summed E-state index contributed by atoms with van der Waals surface area (Å²) in [6.45, 7) is 2.51. The van der Waals surface area contributed by atoms with Crippen LogP contribution >= 0.6 is 0 Å². The van der Waals surface area contributed by atoms with Gasteiger partial charge in [0.2, 0.25) is 0 Å². The minimum Gasteiger partial charge on any atom is -0.489 e. The first-order valence-corrected chi connectivity index (χ1v) is 12.4. The monoisotopic (exact) mass is 488 g/mol. The molecule has 4 rings (SSSR count). The average molecular weight is 489 g/mol. The Morgan fingerprint density at radius 1 is 1.09 bits per heavy atom. The summed E-state index contributed by atoms with van der Waals surface area (Å²) in [5.41, 5.74) is 1.54. The molecule has 0 bridgehead atoms. The van der Waals surface area contributed by atoms with Gasteiger partial charge in [-0.05, 0) is 94.1 Å². The number of hydrogen-bond donors (Lipinski definition) is 1. The quantitative estimate of drug-likeness (QED) is 0.522. The third-order valence-corrected chi connectivity index (χ3v) is 7.47. The van der Waals surface area contributed by atoms with Crippen molar-refractivity contribution in [2.24, 2.45) is 11.8 Å². The number of likely N-dealkylation sites (tertiary alicyclic amines) is 1. The number of benzene rings is 2. The van der Waals surface area contributed by atoms with E-state index in [0.29, 0.717) is 37.0 Å². The number of carboxylic acid groups (broad SMARTS) is 1. The van der Waals surface area contributed by atoms with Crippen LogP contribution in [0.2, 0.25) is 0 Å². The zero-order valence-electron chi connectivity index (χ0n) is 19.7. The largest absolute Gasteiger partial charge is 0.489 e. The fraction of sp³-hybridized carbons (Fsp3) is 0.556. The van der Waals surface area contributed by atoms with E-state index in [1.807, 2.05) is 18.2 Å². The normalized spacial score (nSPS) is 22.1. The van der Waals surface area contributed by atoms with Gasteiger partial charge >= 0.3 is 12.1 Å². The second-order valence-electron chi connectivity index (χ2n) is 9.80. The van der Waals surface area contributed by atoms with Crippen molar-refractivity contribution in [3.8, 4) is 11.8 Å². The molecule has 0 spiro atoms. The Bertz CT molecular complexity index is 1080. The van der Waals surface area contributed by atoms with Crippen LogP contribution < -0.4 is 4.74 Å². The van der Waals surface area contributed by atoms with Crippen molar-refractivity contribution < 1.29 is 27.8 Å². The van der Waals surface area contributed by atoms with E-state index in [-0.39, 0.29) is 24.9 Å². The summed E-state index contributed by atoms with van der Waals surface area (Å²) >= 11 is 0. The van der Waals surface area contributed by atoms with Gasteiger partial charge in [-0.3, -0.25) is 4.79 Å². The first-order chi connectivity index (χ1) is 16.7. The van der Waals surface area contributed by atoms with Crippen LogP contribution in [0.1, 0.15) is 56.1 Å². The van der Waals surface area contributed by atoms with Gasteiger partial charge in [-0.15, -0.1) is 0 Å². The van der Waals surface area contributed by atoms with Crippen molar-refractivity contribution in [1.29, 1.82) is 5.26 Å². The molecule has 35 heavy (non-hydrogen) atoms. The van der Waals surface area contributed by atoms with Crippen LogP contribution in [0, 0.1) is 23.2 Å². The minimum atomic E-state index is -4.16. The van der Waals surface area contributed by atoms with Crippen LogP contribution in [0.15, 0.2) is 30.3 Å². The molecule has 1 saturated heterocycles. The summed E-state index contributed by atoms with van der Waals surface area (Å²) in [5.74, 6) is -1.76. The topological polar surface area (TPSA) is 73.6 Å². The van der Waals surface area contributed by atoms with Crippen molar-refractivity contribution in [3.05, 3.63) is 41.5 Å². The predicted molar refractivity (Wildman–Crippen MR) is 126 cm³/mol. The second kappa shape index (κ2) is 10.9. The molecule has 0 aromatic heterocycles. The molecule has 1 saturated carbocycles. The van der Waals surface area contributed by atoms with Gasteiger partial charge in [-0.2, -0.15) is 18.4 Å². The first-order valence-electron chi connectivity index (χ1n) is 12.4. The number of ether oxygens (including phenoxy) is 1. The summed E-state index contributed by atoms with van der Waals surface area (Å²) in [7, 11) is 0. The Morgan fingerprint density at radius 3 is 2.40 bits per heavy atom. The molecule has 188 valence electrons. The van der Waals surface area contributed by atoms with Gasteiger partial charge in [0, 0.05) is 5.39 Å². The van der Waals surface area contributed by atoms with E-state index in [4.69, 9.17) is 9.84 Å². The Hall–Kier alpha value is -2.79. The molecule has 2 aromatic carbocycles. The number of fused-ring (bicyclic) bond motifs is 1. The fourth-order valence-electron chi connectivity index (χ4n) is 5.31. The van der Waals surface area contributed by atoms with Gasteiger partial charge in [-0.1, -0.05) is 18.2 Å². The maximum absolute atomic E-state index is 13.0. The number of alkyl halides is 3. The van der Waals surface area contributed by atoms with E-state index in [1.165, 1.54) is 0 Å². The van der Waals surface area contributed by atoms with Crippen molar-refractivity contribution in [2.45, 2.75) is 63.6 Å². The number of aliphatic carboxylic acids is 1. The highest BCUT2D eigenvalue weighted by Gasteiger charge is 2.41. The lowest BCUT2D eigenvalue weighted by Gasteiger charge is -2.30. The molecule has 2 aliphatic rings. The number of rotatable bonds is 7. The molecule has 0 radical (unpaired) electrons. The maximum Gasteiger partial charge on any atom is 0.391 e. The number of halogens is 3. The molecule has 0 atom stereocenters. The number of nitriles is 1. The maximum atomic E-state index is 13.0. The molecule has 1 heterocycles. The van der Waals surface area contributed by atoms with Crippen LogP contribution in [-0.2, 0) is 11.2 Å². The van der Waals surface area contributed by atoms with E-state index in [9.17, 15) is 23.2 Å². The highest BCUT2D eigenvalue weighted by Crippen LogP contribution is 2.39. The molecule has 8 heteroatoms. The highest BCUT2D eigenvalue weighted by molar-refractivity contribution is 5.90. The Morgan fingerprint density at radius 2 is 1.77 bits per heavy atom. The number of carbonyl (C=O) groups is 1. The fourth-order valence-corrected chi connectivity index (χ4v) is 5.31. The zero-order valence-corrected chi connectivity index (χ0v) is 19.7. The SMILES string of the molecule is N#Cc1c(O[C@H]2CC[C@@H](C(F)(F)F)CC2)ccc2ccc(CCCN3CCC(C(=O)O)CC3)cc12. The third kappa shape index (κ3) is 6.26. The van der Waals surface area contributed by atoms with Gasteiger partial charge in [-0.25, -0.2) is 0 Å². The molecule has 1 aliphatic heterocycles. The molecule has 0 unspecified atom stereocenters. The standard InChI is InChI=1S/C27H31F3N2O3/c28-27(29,30)21-6-8-22(9-7-21)35-25-10-5-19-4-3-18(16-23(19)24(25)17-31)2-1-13-32-14-11-20(12-15-32)26(33)34/h3-5,10,16,20-22H,1-2,6-9,11-15H2,(H,33,34)/t21-,22+. The van der Waals surface area contributed by atoms with Crippen molar-refractivity contribution in [3.63, 3.8) is 0 Å². The highest BCUT2D eigenvalue weighted by atomic mass is 19.4. The number of carboxylic acids is 1. The third-order valence-electron chi connectivity index (χ3n) is 7.47. The molecule has 1 N–H and O–H groups in total. The first kappa shape index (κ1) is 25.3. The molecular weight excluding hydrogens is 457 g/mol. The van der Waals surface area contributed by atoms with E-state index in [2.05, 4.69) is 17.0 Å². The molecule has 2 fully saturated rings. The summed E-state index contributed by atoms with van der Waals surface area (Å²) in [6.07, 6.45) is -0.536. The van der Waals surface area contributed by atoms with Crippen molar-refractivity contribution in [1.82, 2.24) is 4.90 Å². The minimum absolute atomic E-state index is 0.0573. The Kier molecular flexibility index (Phi) is 7.85. The number of piperidine rings is 1. The lowest BCUT2D eigenvalue weighted by Crippen LogP contribution is -2.36. The molecule has 1 aliphatic carbocycles. The summed E-state index contributed by atoms with van der Waals surface area (Å²) in [4.78, 5) is 13.4. The predicted octanol–water partition coefficient (Wildman–Crippen LogP) is 5.94. The van der Waals surface area contributed by atoms with Gasteiger partial charge in [0.1, 0.15) is 17.4 Å². The molecule has 0 amide bonds. The van der Waals surface area contributed by atoms with Gasteiger partial charge in [0.05, 0.1) is 17.9 Å². The van der Waals surface area contributed by atoms with Crippen molar-refractivity contribution >= 4 is 16.7 Å². The van der Waals surface area contributed by atoms with E-state index >= 15 is 0 Å². The lowest BCUT2D eigenvalue weighted by molar-refractivity contribution is -0.185. The van der Waals surface area contributed by atoms with Gasteiger partial charge < -0.3 is 14.7 Å². The zero-order chi connectivity index (χ0) is 25.0. The number of aryl methyl sites for hydroxylation is 1. The van der Waals surface area contributed by atoms with Gasteiger partial charge in [0.15, 0.2) is 0 Å². The molecular formula is C27H31F3N2O3. The van der Waals surface area contributed by atoms with Crippen molar-refractivity contribution in [2.75, 3.05) is 19.6 Å². The number of hydrogen-bond acceptors (Lipinski definition) is 4. The smallest absolute Gasteiger partial charge is 0.391 e. The van der Waals surface area contributed by atoms with E-state index in [1.54, 1.807) is 6.07 Å². The average Bonchev–Trinajstić information content (AvgIpc) is 2.84. The summed E-state index contributed by atoms with van der Waals surface area (Å²) in [5, 5.41) is 20.7. The Labute approximate surface area is 203 Å². The van der Waals surface area contributed by atoms with Crippen LogP contribution in [0.25, 0.3) is 10.8 Å². The lowest BCUT2D eigenvalue weighted by atomic mass is 9.87. The molecule has 2 aromatic rings. The van der Waals surface area contributed by atoms with Gasteiger partial charge in [0.25, 0.3) is 0 Å². The summed E-state index contributed by atoms with van der Waals surface area (Å²) < 4.78 is 44.9. The Balaban J connectivity index is 1.37. The number of nitrogens with zero attached hydrogens (tertiary/aromatic N) is 2.